The molecular weight excluding hydrogens is 832 g/mol. The molecule has 4 aromatic heterocycles. The van der Waals surface area contributed by atoms with E-state index in [4.69, 9.17) is 43.6 Å². The van der Waals surface area contributed by atoms with Crippen LogP contribution in [0.25, 0.3) is 22.3 Å². The molecule has 4 aromatic rings. The topological polar surface area (TPSA) is 368 Å². The number of carboxylic acid groups (broad SMARTS) is 1. The molecule has 7 rings (SSSR count). The molecule has 11 atom stereocenters. The average molecular weight is 868 g/mol. The third-order valence-corrected chi connectivity index (χ3v) is 13.5. The van der Waals surface area contributed by atoms with Crippen molar-refractivity contribution in [3.05, 3.63) is 29.3 Å². The lowest BCUT2D eigenvalue weighted by molar-refractivity contribution is -0.138. The number of H-pyrrole nitrogens is 1. The molecule has 0 radical (unpaired) electrons. The van der Waals surface area contributed by atoms with Gasteiger partial charge in [-0.15, -0.1) is 0 Å². The number of aliphatic carboxylic acids is 1. The van der Waals surface area contributed by atoms with Crippen LogP contribution >= 0.6 is 37.2 Å². The molecule has 3 saturated heterocycles. The number of nitrogen functional groups attached to an aromatic ring is 2. The molecule has 0 aliphatic carbocycles. The number of phosphoric ester groups is 2. The summed E-state index contributed by atoms with van der Waals surface area (Å²) < 4.78 is 70.4. The molecule has 2 bridgehead atoms. The summed E-state index contributed by atoms with van der Waals surface area (Å²) in [4.78, 5) is 57.4. The van der Waals surface area contributed by atoms with Gasteiger partial charge >= 0.3 is 21.6 Å². The van der Waals surface area contributed by atoms with Crippen LogP contribution in [0.15, 0.2) is 23.8 Å². The van der Waals surface area contributed by atoms with E-state index in [1.54, 1.807) is 0 Å². The van der Waals surface area contributed by atoms with Crippen molar-refractivity contribution in [2.24, 2.45) is 0 Å². The highest BCUT2D eigenvalue weighted by Crippen LogP contribution is 2.56. The first kappa shape index (κ1) is 40.9. The second kappa shape index (κ2) is 16.5. The highest BCUT2D eigenvalue weighted by atomic mass is 33.1. The van der Waals surface area contributed by atoms with Crippen molar-refractivity contribution in [1.82, 2.24) is 44.4 Å². The maximum absolute atomic E-state index is 14.6. The molecule has 3 fully saturated rings. The summed E-state index contributed by atoms with van der Waals surface area (Å²) in [6, 6.07) is -0.827. The van der Waals surface area contributed by atoms with Crippen LogP contribution in [0.1, 0.15) is 12.5 Å². The molecule has 7 heterocycles. The van der Waals surface area contributed by atoms with Gasteiger partial charge in [-0.1, -0.05) is 21.6 Å². The summed E-state index contributed by atoms with van der Waals surface area (Å²) in [5, 5.41) is 34.8. The van der Waals surface area contributed by atoms with Gasteiger partial charge < -0.3 is 46.5 Å². The summed E-state index contributed by atoms with van der Waals surface area (Å²) in [5.74, 6) is -0.987. The first-order valence-corrected chi connectivity index (χ1v) is 21.8. The molecule has 0 amide bonds. The summed E-state index contributed by atoms with van der Waals surface area (Å²) in [6.45, 7) is -1.90. The van der Waals surface area contributed by atoms with Crippen LogP contribution < -0.4 is 22.3 Å². The monoisotopic (exact) mass is 867 g/mol. The molecule has 3 aliphatic rings. The van der Waals surface area contributed by atoms with E-state index in [1.807, 2.05) is 0 Å². The van der Waals surface area contributed by atoms with E-state index in [-0.39, 0.29) is 52.2 Å². The van der Waals surface area contributed by atoms with E-state index in [1.165, 1.54) is 39.5 Å². The van der Waals surface area contributed by atoms with Gasteiger partial charge in [0, 0.05) is 11.5 Å². The number of anilines is 2. The Morgan fingerprint density at radius 3 is 2.46 bits per heavy atom. The number of nitrogens with zero attached hydrogens (tertiary/aromatic N) is 7. The van der Waals surface area contributed by atoms with E-state index in [2.05, 4.69) is 35.2 Å². The minimum Gasteiger partial charge on any atom is -0.480 e. The molecule has 3 unspecified atom stereocenters. The second-order valence-corrected chi connectivity index (χ2v) is 17.9. The van der Waals surface area contributed by atoms with Crippen LogP contribution in [-0.2, 0) is 46.0 Å². The first-order valence-electron chi connectivity index (χ1n) is 16.4. The number of likely N-dealkylation sites (N-methyl/N-ethyl adjacent to an activating group) is 1. The zero-order chi connectivity index (χ0) is 39.9. The van der Waals surface area contributed by atoms with Crippen LogP contribution in [0.3, 0.4) is 0 Å². The SMILES string of the molecule is CNC(CSSCCOP1(=O)OC[C@H]2O[C@@H](n3cnc4c(N)ncnc43)[C@H](O)[C@@H]2OP(=O)(O)OC[C@H]2O[C@@H](n3cnc4c(=O)[nH]c(N)nc43)[C@H](O1)[C@@H]2O)C(=O)O. The maximum Gasteiger partial charge on any atom is 0.475 e. The molecule has 0 aromatic carbocycles. The lowest BCUT2D eigenvalue weighted by Gasteiger charge is -2.27. The smallest absolute Gasteiger partial charge is 0.475 e. The van der Waals surface area contributed by atoms with Crippen LogP contribution in [0.2, 0.25) is 0 Å². The van der Waals surface area contributed by atoms with Crippen molar-refractivity contribution in [3.63, 3.8) is 0 Å². The number of imidazole rings is 2. The summed E-state index contributed by atoms with van der Waals surface area (Å²) in [6.07, 6.45) is -9.18. The van der Waals surface area contributed by atoms with Crippen LogP contribution in [0.4, 0.5) is 11.8 Å². The number of aromatic nitrogens is 8. The van der Waals surface area contributed by atoms with Gasteiger partial charge in [-0.3, -0.25) is 46.3 Å². The molecule has 306 valence electrons. The maximum atomic E-state index is 14.6. The van der Waals surface area contributed by atoms with E-state index in [0.717, 1.165) is 17.2 Å². The van der Waals surface area contributed by atoms with Gasteiger partial charge in [0.15, 0.2) is 35.1 Å². The predicted octanol–water partition coefficient (Wildman–Crippen LogP) is -1.26. The number of aliphatic hydroxyl groups excluding tert-OH is 2. The Morgan fingerprint density at radius 1 is 1.00 bits per heavy atom. The highest BCUT2D eigenvalue weighted by Gasteiger charge is 2.54. The van der Waals surface area contributed by atoms with E-state index in [9.17, 15) is 38.9 Å². The number of phosphoric acid groups is 2. The number of fused-ring (bicyclic) bond motifs is 5. The number of carbonyl (C=O) groups is 1. The second-order valence-electron chi connectivity index (χ2n) is 12.2. The number of hydrogen-bond donors (Lipinski definition) is 8. The summed E-state index contributed by atoms with van der Waals surface area (Å²) >= 11 is 0. The van der Waals surface area contributed by atoms with Gasteiger partial charge in [0.05, 0.1) is 32.5 Å². The fourth-order valence-electron chi connectivity index (χ4n) is 5.99. The van der Waals surface area contributed by atoms with Crippen molar-refractivity contribution in [2.45, 2.75) is 55.1 Å². The fraction of sp³-hybridized carbons (Fsp3) is 0.577. The van der Waals surface area contributed by atoms with Gasteiger partial charge in [-0.2, -0.15) is 4.98 Å². The van der Waals surface area contributed by atoms with Crippen molar-refractivity contribution in [2.75, 3.05) is 49.8 Å². The van der Waals surface area contributed by atoms with Crippen molar-refractivity contribution in [1.29, 1.82) is 0 Å². The number of carboxylic acids is 1. The number of aromatic amines is 1. The average Bonchev–Trinajstić information content (AvgIpc) is 3.91. The van der Waals surface area contributed by atoms with E-state index in [0.29, 0.717) is 0 Å². The number of nitrogens with one attached hydrogen (secondary N) is 2. The van der Waals surface area contributed by atoms with E-state index < -0.39 is 95.5 Å². The van der Waals surface area contributed by atoms with Crippen LogP contribution in [-0.4, -0.2) is 146 Å². The minimum atomic E-state index is -5.12. The quantitative estimate of drug-likeness (QED) is 0.0495. The fourth-order valence-corrected chi connectivity index (χ4v) is 10.5. The lowest BCUT2D eigenvalue weighted by Crippen LogP contribution is -2.36. The number of rotatable bonds is 11. The third kappa shape index (κ3) is 8.31. The van der Waals surface area contributed by atoms with Crippen molar-refractivity contribution in [3.8, 4) is 0 Å². The lowest BCUT2D eigenvalue weighted by atomic mass is 10.1. The Kier molecular flexibility index (Phi) is 12.1. The first-order chi connectivity index (χ1) is 26.7. The molecule has 30 heteroatoms. The summed E-state index contributed by atoms with van der Waals surface area (Å²) in [5.41, 5.74) is 11.0. The molecule has 56 heavy (non-hydrogen) atoms. The van der Waals surface area contributed by atoms with Gasteiger partial charge in [-0.05, 0) is 7.05 Å². The Bertz CT molecular complexity index is 2230. The van der Waals surface area contributed by atoms with E-state index >= 15 is 0 Å². The predicted molar refractivity (Wildman–Crippen MR) is 193 cm³/mol. The molecule has 0 saturated carbocycles. The zero-order valence-electron chi connectivity index (χ0n) is 28.7. The number of ether oxygens (including phenoxy) is 2. The summed E-state index contributed by atoms with van der Waals surface area (Å²) in [7, 11) is -6.08. The van der Waals surface area contributed by atoms with Crippen molar-refractivity contribution < 1.29 is 66.2 Å². The molecule has 10 N–H and O–H groups in total. The third-order valence-electron chi connectivity index (χ3n) is 8.69. The minimum absolute atomic E-state index is 0.0271. The highest BCUT2D eigenvalue weighted by molar-refractivity contribution is 8.76. The molecule has 3 aliphatic heterocycles. The van der Waals surface area contributed by atoms with Gasteiger partial charge in [0.1, 0.15) is 54.5 Å². The standard InChI is InChI=1S/C26H35N11O15P2S2/c1-29-10(25(41)42)6-56-55-3-2-46-54(45)48-5-12-17(16(39)23(50-12)36-8-32-13-19(27)30-7-31-20(13)36)51-53(43,44)47-4-11-15(38)18(52-54)24(49-11)37-9-33-14-21(37)34-26(28)35-22(14)40/h7-12,15-18,23-24,29,38-39H,2-6H2,1H3,(H,41,42)(H,43,44)(H2,27,30,31)(H3,28,34,35,40)/t10?,11-,12-,15-,16-,17-,18-,23-,24-,54?/m1/s1. The van der Waals surface area contributed by atoms with Gasteiger partial charge in [0.2, 0.25) is 5.95 Å². The zero-order valence-corrected chi connectivity index (χ0v) is 32.2. The van der Waals surface area contributed by atoms with Gasteiger partial charge in [-0.25, -0.2) is 29.1 Å². The van der Waals surface area contributed by atoms with Crippen LogP contribution in [0, 0.1) is 0 Å². The number of aliphatic hydroxyl groups is 2. The molecular formula is C26H35N11O15P2S2. The largest absolute Gasteiger partial charge is 0.480 e. The molecule has 0 spiro atoms. The normalized spacial score (nSPS) is 33.1. The number of nitrogens with two attached hydrogens (primary N) is 2. The van der Waals surface area contributed by atoms with Gasteiger partial charge in [0.25, 0.3) is 5.56 Å². The Labute approximate surface area is 321 Å². The Hall–Kier alpha value is -3.31. The van der Waals surface area contributed by atoms with Crippen LogP contribution in [0.5, 0.6) is 0 Å². The molecule has 26 nitrogen and oxygen atoms in total. The number of hydrogen-bond acceptors (Lipinski definition) is 23. The van der Waals surface area contributed by atoms with Crippen molar-refractivity contribution >= 4 is 77.3 Å². The Morgan fingerprint density at radius 2 is 1.71 bits per heavy atom. The Balaban J connectivity index is 1.19.